The molecule has 3 rings (SSSR count). The predicted octanol–water partition coefficient (Wildman–Crippen LogP) is 4.34. The number of amides is 2. The molecule has 27 heavy (non-hydrogen) atoms. The summed E-state index contributed by atoms with van der Waals surface area (Å²) in [5.41, 5.74) is 9.36. The smallest absolute Gasteiger partial charge is 0.322 e. The summed E-state index contributed by atoms with van der Waals surface area (Å²) >= 11 is 0. The first-order valence-corrected chi connectivity index (χ1v) is 9.56. The van der Waals surface area contributed by atoms with Crippen LogP contribution in [-0.2, 0) is 5.41 Å². The molecule has 1 saturated heterocycles. The van der Waals surface area contributed by atoms with E-state index in [0.717, 1.165) is 35.5 Å². The Morgan fingerprint density at radius 2 is 1.74 bits per heavy atom. The Bertz CT molecular complexity index is 847. The minimum Gasteiger partial charge on any atom is -0.335 e. The van der Waals surface area contributed by atoms with Crippen molar-refractivity contribution >= 4 is 29.6 Å². The van der Waals surface area contributed by atoms with E-state index in [1.807, 2.05) is 24.0 Å². The third kappa shape index (κ3) is 4.77. The Kier molecular flexibility index (Phi) is 5.38. The van der Waals surface area contributed by atoms with Gasteiger partial charge < -0.3 is 11.1 Å². The van der Waals surface area contributed by atoms with E-state index < -0.39 is 0 Å². The van der Waals surface area contributed by atoms with Crippen LogP contribution in [0.25, 0.3) is 12.2 Å². The zero-order chi connectivity index (χ0) is 19.6. The zero-order valence-electron chi connectivity index (χ0n) is 16.8. The number of nitrogens with zero attached hydrogens (tertiary/aromatic N) is 1. The first-order chi connectivity index (χ1) is 12.7. The number of benzene rings is 2. The standard InChI is InChI=1S/C23H29N3O/c1-16-11-12-26(22(27)25-16)21-14-18(13-19(15-21)23(2,3)4)6-5-17-7-9-20(24)10-8-17/h5-10,13-16H,11-12,24H2,1-4H3,(H,25,27)/p+1. The molecular weight excluding hydrogens is 334 g/mol. The molecule has 1 atom stereocenters. The molecule has 1 aliphatic rings. The highest BCUT2D eigenvalue weighted by Gasteiger charge is 2.25. The van der Waals surface area contributed by atoms with Crippen molar-refractivity contribution in [3.8, 4) is 0 Å². The van der Waals surface area contributed by atoms with Crippen molar-refractivity contribution in [3.05, 3.63) is 59.2 Å². The molecule has 4 heteroatoms. The van der Waals surface area contributed by atoms with Crippen LogP contribution in [0.2, 0.25) is 0 Å². The Labute approximate surface area is 162 Å². The lowest BCUT2D eigenvalue weighted by atomic mass is 9.85. The fraction of sp³-hybridized carbons (Fsp3) is 0.348. The van der Waals surface area contributed by atoms with Gasteiger partial charge in [0.2, 0.25) is 0 Å². The van der Waals surface area contributed by atoms with E-state index in [4.69, 9.17) is 0 Å². The second kappa shape index (κ2) is 7.57. The Morgan fingerprint density at radius 3 is 2.37 bits per heavy atom. The van der Waals surface area contributed by atoms with E-state index in [0.29, 0.717) is 0 Å². The molecule has 0 spiro atoms. The van der Waals surface area contributed by atoms with E-state index in [-0.39, 0.29) is 17.5 Å². The molecule has 0 aliphatic carbocycles. The van der Waals surface area contributed by atoms with Crippen LogP contribution < -0.4 is 16.0 Å². The molecule has 2 aromatic rings. The first-order valence-electron chi connectivity index (χ1n) is 9.56. The second-order valence-corrected chi connectivity index (χ2v) is 8.43. The van der Waals surface area contributed by atoms with Gasteiger partial charge >= 0.3 is 6.03 Å². The highest BCUT2D eigenvalue weighted by molar-refractivity contribution is 5.93. The highest BCUT2D eigenvalue weighted by Crippen LogP contribution is 2.30. The maximum atomic E-state index is 12.5. The molecule has 0 saturated carbocycles. The van der Waals surface area contributed by atoms with Gasteiger partial charge in [0.25, 0.3) is 0 Å². The highest BCUT2D eigenvalue weighted by atomic mass is 16.2. The van der Waals surface area contributed by atoms with Gasteiger partial charge in [-0.25, -0.2) is 4.79 Å². The average molecular weight is 365 g/mol. The number of anilines is 1. The van der Waals surface area contributed by atoms with Crippen LogP contribution in [0.4, 0.5) is 16.2 Å². The molecule has 1 fully saturated rings. The Morgan fingerprint density at radius 1 is 1.07 bits per heavy atom. The normalized spacial score (nSPS) is 18.0. The summed E-state index contributed by atoms with van der Waals surface area (Å²) in [6.45, 7) is 9.39. The van der Waals surface area contributed by atoms with Crippen molar-refractivity contribution in [2.24, 2.45) is 0 Å². The molecule has 0 bridgehead atoms. The van der Waals surface area contributed by atoms with Gasteiger partial charge in [-0.05, 0) is 71.8 Å². The quantitative estimate of drug-likeness (QED) is 0.782. The minimum atomic E-state index is -0.0132. The monoisotopic (exact) mass is 364 g/mol. The van der Waals surface area contributed by atoms with E-state index in [9.17, 15) is 4.79 Å². The lowest BCUT2D eigenvalue weighted by Crippen LogP contribution is -2.50. The van der Waals surface area contributed by atoms with Crippen molar-refractivity contribution in [1.29, 1.82) is 0 Å². The third-order valence-electron chi connectivity index (χ3n) is 4.97. The van der Waals surface area contributed by atoms with Gasteiger partial charge in [-0.1, -0.05) is 39.0 Å². The van der Waals surface area contributed by atoms with Gasteiger partial charge in [-0.15, -0.1) is 0 Å². The summed E-state index contributed by atoms with van der Waals surface area (Å²) in [5, 5.41) is 3.03. The summed E-state index contributed by atoms with van der Waals surface area (Å²) in [5.74, 6) is 0. The van der Waals surface area contributed by atoms with Crippen LogP contribution in [-0.4, -0.2) is 18.6 Å². The molecule has 142 valence electrons. The maximum absolute atomic E-state index is 12.5. The number of carbonyl (C=O) groups is 1. The minimum absolute atomic E-state index is 0.00762. The van der Waals surface area contributed by atoms with E-state index in [1.165, 1.54) is 5.56 Å². The van der Waals surface area contributed by atoms with Gasteiger partial charge in [0.15, 0.2) is 0 Å². The van der Waals surface area contributed by atoms with E-state index in [1.54, 1.807) is 0 Å². The van der Waals surface area contributed by atoms with Gasteiger partial charge in [-0.2, -0.15) is 0 Å². The largest absolute Gasteiger partial charge is 0.335 e. The fourth-order valence-corrected chi connectivity index (χ4v) is 3.17. The fourth-order valence-electron chi connectivity index (χ4n) is 3.17. The Balaban J connectivity index is 1.96. The SMILES string of the molecule is CC1CCN(c2cc(C=Cc3ccc([NH3+])cc3)cc(C(C)(C)C)c2)C(=O)N1. The van der Waals surface area contributed by atoms with Crippen LogP contribution >= 0.6 is 0 Å². The summed E-state index contributed by atoms with van der Waals surface area (Å²) < 4.78 is 0. The Hall–Kier alpha value is -2.59. The number of carbonyl (C=O) groups excluding carboxylic acids is 1. The molecule has 1 aliphatic heterocycles. The first kappa shape index (κ1) is 19.2. The van der Waals surface area contributed by atoms with Crippen LogP contribution in [0.3, 0.4) is 0 Å². The predicted molar refractivity (Wildman–Crippen MR) is 113 cm³/mol. The molecule has 1 heterocycles. The molecule has 0 aromatic heterocycles. The summed E-state index contributed by atoms with van der Waals surface area (Å²) in [6.07, 6.45) is 5.17. The topological polar surface area (TPSA) is 60.0 Å². The third-order valence-corrected chi connectivity index (χ3v) is 4.97. The summed E-state index contributed by atoms with van der Waals surface area (Å²) in [6, 6.07) is 14.8. The van der Waals surface area contributed by atoms with Crippen molar-refractivity contribution in [2.45, 2.75) is 45.6 Å². The number of hydrogen-bond donors (Lipinski definition) is 2. The average Bonchev–Trinajstić information content (AvgIpc) is 2.60. The molecule has 1 unspecified atom stereocenters. The molecule has 0 radical (unpaired) electrons. The maximum Gasteiger partial charge on any atom is 0.322 e. The van der Waals surface area contributed by atoms with E-state index in [2.05, 4.69) is 74.3 Å². The second-order valence-electron chi connectivity index (χ2n) is 8.43. The van der Waals surface area contributed by atoms with Crippen LogP contribution in [0.5, 0.6) is 0 Å². The zero-order valence-corrected chi connectivity index (χ0v) is 16.8. The van der Waals surface area contributed by atoms with Crippen LogP contribution in [0, 0.1) is 0 Å². The molecule has 2 aromatic carbocycles. The van der Waals surface area contributed by atoms with Gasteiger partial charge in [0, 0.05) is 18.3 Å². The van der Waals surface area contributed by atoms with Gasteiger partial charge in [0.05, 0.1) is 0 Å². The van der Waals surface area contributed by atoms with Crippen LogP contribution in [0.1, 0.15) is 50.8 Å². The van der Waals surface area contributed by atoms with Crippen LogP contribution in [0.15, 0.2) is 42.5 Å². The van der Waals surface area contributed by atoms with Crippen molar-refractivity contribution < 1.29 is 10.5 Å². The summed E-state index contributed by atoms with van der Waals surface area (Å²) in [7, 11) is 0. The lowest BCUT2D eigenvalue weighted by molar-refractivity contribution is -0.254. The number of nitrogens with one attached hydrogen (secondary N) is 1. The van der Waals surface area contributed by atoms with Crippen molar-refractivity contribution in [3.63, 3.8) is 0 Å². The van der Waals surface area contributed by atoms with Crippen molar-refractivity contribution in [2.75, 3.05) is 11.4 Å². The molecular formula is C23H30N3O+. The molecule has 4 N–H and O–H groups in total. The van der Waals surface area contributed by atoms with Gasteiger partial charge in [0.1, 0.15) is 5.69 Å². The van der Waals surface area contributed by atoms with Crippen molar-refractivity contribution in [1.82, 2.24) is 5.32 Å². The number of rotatable bonds is 3. The summed E-state index contributed by atoms with van der Waals surface area (Å²) in [4.78, 5) is 14.3. The lowest BCUT2D eigenvalue weighted by Gasteiger charge is -2.32. The number of hydrogen-bond acceptors (Lipinski definition) is 1. The molecule has 2 amide bonds. The van der Waals surface area contributed by atoms with Gasteiger partial charge in [-0.3, -0.25) is 4.90 Å². The molecule has 4 nitrogen and oxygen atoms in total. The number of urea groups is 1. The number of quaternary nitrogens is 1. The van der Waals surface area contributed by atoms with E-state index >= 15 is 0 Å².